The van der Waals surface area contributed by atoms with Crippen LogP contribution in [-0.2, 0) is 6.54 Å². The van der Waals surface area contributed by atoms with Crippen LogP contribution in [0.5, 0.6) is 0 Å². The van der Waals surface area contributed by atoms with Crippen molar-refractivity contribution in [3.05, 3.63) is 60.3 Å². The summed E-state index contributed by atoms with van der Waals surface area (Å²) in [7, 11) is 0. The summed E-state index contributed by atoms with van der Waals surface area (Å²) >= 11 is 7.58. The first-order valence-electron chi connectivity index (χ1n) is 6.61. The standard InChI is InChI=1S/C15H17ClN2O2S/c1-9-6-14(11(3)21-9)10(2)17-8-12-4-5-13(16)7-15(12)18(19)20/h4-7,10,17H,8H2,1-3H3. The molecule has 4 nitrogen and oxygen atoms in total. The second-order valence-corrected chi connectivity index (χ2v) is 6.90. The molecule has 0 aliphatic rings. The first kappa shape index (κ1) is 15.9. The second kappa shape index (κ2) is 6.56. The summed E-state index contributed by atoms with van der Waals surface area (Å²) in [4.78, 5) is 13.2. The molecule has 1 aromatic heterocycles. The summed E-state index contributed by atoms with van der Waals surface area (Å²) < 4.78 is 0. The van der Waals surface area contributed by atoms with E-state index in [0.717, 1.165) is 0 Å². The van der Waals surface area contributed by atoms with E-state index in [2.05, 4.69) is 32.2 Å². The molecule has 1 unspecified atom stereocenters. The molecule has 21 heavy (non-hydrogen) atoms. The number of benzene rings is 1. The number of rotatable bonds is 5. The molecule has 0 saturated heterocycles. The lowest BCUT2D eigenvalue weighted by atomic mass is 10.1. The van der Waals surface area contributed by atoms with Crippen LogP contribution in [0.4, 0.5) is 5.69 Å². The maximum absolute atomic E-state index is 11.1. The van der Waals surface area contributed by atoms with E-state index < -0.39 is 4.92 Å². The van der Waals surface area contributed by atoms with Gasteiger partial charge in [0.1, 0.15) is 0 Å². The van der Waals surface area contributed by atoms with Gasteiger partial charge in [0.05, 0.1) is 4.92 Å². The fourth-order valence-electron chi connectivity index (χ4n) is 2.31. The number of thiophene rings is 1. The molecule has 1 aromatic carbocycles. The Morgan fingerprint density at radius 3 is 2.67 bits per heavy atom. The Labute approximate surface area is 132 Å². The zero-order valence-corrected chi connectivity index (χ0v) is 13.7. The van der Waals surface area contributed by atoms with Crippen molar-refractivity contribution < 1.29 is 4.92 Å². The van der Waals surface area contributed by atoms with Gasteiger partial charge in [0.2, 0.25) is 0 Å². The third-order valence-corrected chi connectivity index (χ3v) is 4.61. The number of aryl methyl sites for hydroxylation is 2. The number of nitrogens with zero attached hydrogens (tertiary/aromatic N) is 1. The van der Waals surface area contributed by atoms with Gasteiger partial charge in [-0.05, 0) is 44.5 Å². The number of halogens is 1. The van der Waals surface area contributed by atoms with Crippen LogP contribution in [-0.4, -0.2) is 4.92 Å². The van der Waals surface area contributed by atoms with E-state index in [1.165, 1.54) is 21.4 Å². The lowest BCUT2D eigenvalue weighted by Crippen LogP contribution is -2.18. The van der Waals surface area contributed by atoms with Gasteiger partial charge in [0.25, 0.3) is 5.69 Å². The molecule has 2 aromatic rings. The van der Waals surface area contributed by atoms with Gasteiger partial charge in [0.15, 0.2) is 0 Å². The Morgan fingerprint density at radius 1 is 1.38 bits per heavy atom. The molecule has 112 valence electrons. The van der Waals surface area contributed by atoms with E-state index in [1.807, 2.05) is 0 Å². The van der Waals surface area contributed by atoms with E-state index in [9.17, 15) is 10.1 Å². The lowest BCUT2D eigenvalue weighted by molar-refractivity contribution is -0.385. The van der Waals surface area contributed by atoms with Crippen LogP contribution in [0, 0.1) is 24.0 Å². The third kappa shape index (κ3) is 3.81. The Balaban J connectivity index is 2.13. The molecule has 1 heterocycles. The maximum Gasteiger partial charge on any atom is 0.275 e. The van der Waals surface area contributed by atoms with Crippen LogP contribution in [0.3, 0.4) is 0 Å². The molecular weight excluding hydrogens is 308 g/mol. The molecule has 2 rings (SSSR count). The average Bonchev–Trinajstić information content (AvgIpc) is 2.75. The molecule has 0 spiro atoms. The number of nitro benzene ring substituents is 1. The fraction of sp³-hybridized carbons (Fsp3) is 0.333. The van der Waals surface area contributed by atoms with E-state index in [0.29, 0.717) is 17.1 Å². The molecule has 0 amide bonds. The zero-order valence-electron chi connectivity index (χ0n) is 12.1. The predicted molar refractivity (Wildman–Crippen MR) is 87.2 cm³/mol. The zero-order chi connectivity index (χ0) is 15.6. The van der Waals surface area contributed by atoms with Gasteiger partial charge in [-0.15, -0.1) is 11.3 Å². The number of hydrogen-bond donors (Lipinski definition) is 1. The second-order valence-electron chi connectivity index (χ2n) is 5.00. The average molecular weight is 325 g/mol. The fourth-order valence-corrected chi connectivity index (χ4v) is 3.50. The van der Waals surface area contributed by atoms with Crippen LogP contribution >= 0.6 is 22.9 Å². The molecule has 0 fully saturated rings. The van der Waals surface area contributed by atoms with Crippen molar-refractivity contribution in [2.24, 2.45) is 0 Å². The first-order valence-corrected chi connectivity index (χ1v) is 7.81. The summed E-state index contributed by atoms with van der Waals surface area (Å²) in [5.41, 5.74) is 1.94. The molecule has 0 radical (unpaired) electrons. The molecule has 0 aliphatic carbocycles. The van der Waals surface area contributed by atoms with Crippen LogP contribution in [0.15, 0.2) is 24.3 Å². The van der Waals surface area contributed by atoms with Crippen molar-refractivity contribution in [2.45, 2.75) is 33.4 Å². The van der Waals surface area contributed by atoms with Crippen LogP contribution in [0.1, 0.15) is 33.8 Å². The Morgan fingerprint density at radius 2 is 2.10 bits per heavy atom. The van der Waals surface area contributed by atoms with Crippen LogP contribution in [0.25, 0.3) is 0 Å². The smallest absolute Gasteiger partial charge is 0.275 e. The highest BCUT2D eigenvalue weighted by atomic mass is 35.5. The molecule has 0 saturated carbocycles. The van der Waals surface area contributed by atoms with Crippen molar-refractivity contribution in [2.75, 3.05) is 0 Å². The van der Waals surface area contributed by atoms with Crippen molar-refractivity contribution in [3.63, 3.8) is 0 Å². The van der Waals surface area contributed by atoms with Crippen LogP contribution < -0.4 is 5.32 Å². The topological polar surface area (TPSA) is 55.2 Å². The van der Waals surface area contributed by atoms with Gasteiger partial charge in [0, 0.05) is 39.0 Å². The van der Waals surface area contributed by atoms with Gasteiger partial charge in [-0.25, -0.2) is 0 Å². The Bertz CT molecular complexity index is 670. The van der Waals surface area contributed by atoms with Crippen molar-refractivity contribution in [3.8, 4) is 0 Å². The van der Waals surface area contributed by atoms with Crippen molar-refractivity contribution >= 4 is 28.6 Å². The monoisotopic (exact) mass is 324 g/mol. The van der Waals surface area contributed by atoms with Crippen LogP contribution in [0.2, 0.25) is 5.02 Å². The highest BCUT2D eigenvalue weighted by Gasteiger charge is 2.16. The highest BCUT2D eigenvalue weighted by molar-refractivity contribution is 7.12. The van der Waals surface area contributed by atoms with Gasteiger partial charge >= 0.3 is 0 Å². The number of nitro groups is 1. The largest absolute Gasteiger partial charge is 0.306 e. The predicted octanol–water partition coefficient (Wildman–Crippen LogP) is 4.78. The normalized spacial score (nSPS) is 12.4. The quantitative estimate of drug-likeness (QED) is 0.636. The van der Waals surface area contributed by atoms with Gasteiger partial charge in [-0.2, -0.15) is 0 Å². The van der Waals surface area contributed by atoms with E-state index in [-0.39, 0.29) is 11.7 Å². The Hall–Kier alpha value is -1.43. The Kier molecular flexibility index (Phi) is 4.98. The molecule has 0 bridgehead atoms. The maximum atomic E-state index is 11.1. The van der Waals surface area contributed by atoms with E-state index in [4.69, 9.17) is 11.6 Å². The molecule has 1 N–H and O–H groups in total. The lowest BCUT2D eigenvalue weighted by Gasteiger charge is -2.14. The molecule has 6 heteroatoms. The van der Waals surface area contributed by atoms with Gasteiger partial charge in [-0.1, -0.05) is 11.6 Å². The first-order chi connectivity index (χ1) is 9.88. The highest BCUT2D eigenvalue weighted by Crippen LogP contribution is 2.27. The molecule has 1 atom stereocenters. The van der Waals surface area contributed by atoms with Crippen molar-refractivity contribution in [1.82, 2.24) is 5.32 Å². The molecular formula is C15H17ClN2O2S. The minimum absolute atomic E-state index is 0.0559. The SMILES string of the molecule is Cc1cc(C(C)NCc2ccc(Cl)cc2[N+](=O)[O-])c(C)s1. The minimum Gasteiger partial charge on any atom is -0.306 e. The summed E-state index contributed by atoms with van der Waals surface area (Å²) in [5, 5.41) is 14.8. The van der Waals surface area contributed by atoms with Gasteiger partial charge in [-0.3, -0.25) is 10.1 Å². The molecule has 0 aliphatic heterocycles. The number of nitrogens with one attached hydrogen (secondary N) is 1. The van der Waals surface area contributed by atoms with Crippen molar-refractivity contribution in [1.29, 1.82) is 0 Å². The number of hydrogen-bond acceptors (Lipinski definition) is 4. The third-order valence-electron chi connectivity index (χ3n) is 3.39. The summed E-state index contributed by atoms with van der Waals surface area (Å²) in [6.45, 7) is 6.67. The van der Waals surface area contributed by atoms with E-state index in [1.54, 1.807) is 23.5 Å². The minimum atomic E-state index is -0.395. The summed E-state index contributed by atoms with van der Waals surface area (Å²) in [5.74, 6) is 0. The summed E-state index contributed by atoms with van der Waals surface area (Å²) in [6.07, 6.45) is 0. The summed E-state index contributed by atoms with van der Waals surface area (Å²) in [6, 6.07) is 7.07. The van der Waals surface area contributed by atoms with Gasteiger partial charge < -0.3 is 5.32 Å². The van der Waals surface area contributed by atoms with E-state index >= 15 is 0 Å².